The van der Waals surface area contributed by atoms with Crippen molar-refractivity contribution in [3.8, 4) is 0 Å². The summed E-state index contributed by atoms with van der Waals surface area (Å²) in [5, 5.41) is 35.3. The highest BCUT2D eigenvalue weighted by Crippen LogP contribution is 2.39. The van der Waals surface area contributed by atoms with Crippen LogP contribution in [0.3, 0.4) is 0 Å². The highest BCUT2D eigenvalue weighted by molar-refractivity contribution is 5.68. The minimum Gasteiger partial charge on any atom is -0.394 e. The zero-order chi connectivity index (χ0) is 14.6. The number of fused-ring (bicyclic) bond motifs is 2. The molecule has 0 saturated carbocycles. The van der Waals surface area contributed by atoms with Gasteiger partial charge in [0.1, 0.15) is 24.0 Å². The summed E-state index contributed by atoms with van der Waals surface area (Å²) >= 11 is 0. The third kappa shape index (κ3) is 1.59. The van der Waals surface area contributed by atoms with E-state index in [9.17, 15) is 10.2 Å². The Hall–Kier alpha value is -1.94. The number of aliphatic hydroxyl groups is 3. The van der Waals surface area contributed by atoms with E-state index in [0.717, 1.165) is 0 Å². The summed E-state index contributed by atoms with van der Waals surface area (Å²) in [6.45, 7) is -0.370. The smallest absolute Gasteiger partial charge is 0.177 e. The summed E-state index contributed by atoms with van der Waals surface area (Å²) in [6, 6.07) is 0. The van der Waals surface area contributed by atoms with Gasteiger partial charge in [-0.3, -0.25) is 4.57 Å². The van der Waals surface area contributed by atoms with Crippen molar-refractivity contribution >= 4 is 12.2 Å². The Morgan fingerprint density at radius 1 is 1.33 bits per heavy atom. The summed E-state index contributed by atoms with van der Waals surface area (Å²) in [7, 11) is 0. The fourth-order valence-electron chi connectivity index (χ4n) is 2.81. The molecule has 0 aliphatic carbocycles. The van der Waals surface area contributed by atoms with Gasteiger partial charge in [-0.2, -0.15) is 0 Å². The lowest BCUT2D eigenvalue weighted by atomic mass is 10.0. The first kappa shape index (κ1) is 12.8. The van der Waals surface area contributed by atoms with Crippen molar-refractivity contribution in [1.82, 2.24) is 20.2 Å². The average Bonchev–Trinajstić information content (AvgIpc) is 3.00. The Labute approximate surface area is 119 Å². The quantitative estimate of drug-likeness (QED) is 0.428. The van der Waals surface area contributed by atoms with Crippen LogP contribution in [-0.4, -0.2) is 56.1 Å². The maximum atomic E-state index is 10.1. The molecule has 1 spiro atoms. The van der Waals surface area contributed by atoms with Gasteiger partial charge in [0.25, 0.3) is 0 Å². The van der Waals surface area contributed by atoms with Gasteiger partial charge in [-0.25, -0.2) is 9.98 Å². The molecule has 9 nitrogen and oxygen atoms in total. The molecule has 1 aromatic rings. The van der Waals surface area contributed by atoms with E-state index in [0.29, 0.717) is 11.5 Å². The zero-order valence-corrected chi connectivity index (χ0v) is 10.9. The first-order valence-corrected chi connectivity index (χ1v) is 6.62. The lowest BCUT2D eigenvalue weighted by Gasteiger charge is -2.38. The van der Waals surface area contributed by atoms with Crippen LogP contribution in [0, 0.1) is 0 Å². The summed E-state index contributed by atoms with van der Waals surface area (Å²) < 4.78 is 7.07. The molecule has 5 atom stereocenters. The SMILES string of the molecule is OC[C@H]1O[C@@H](n2cnc3c2N=CNC32C=CN2)[C@H](O)[C@@H]1O. The van der Waals surface area contributed by atoms with Crippen LogP contribution in [0.15, 0.2) is 23.6 Å². The van der Waals surface area contributed by atoms with E-state index in [1.807, 2.05) is 6.08 Å². The van der Waals surface area contributed by atoms with Gasteiger partial charge in [-0.1, -0.05) is 0 Å². The molecular weight excluding hydrogens is 278 g/mol. The number of ether oxygens (including phenoxy) is 1. The maximum absolute atomic E-state index is 10.1. The predicted octanol–water partition coefficient (Wildman–Crippen LogP) is -1.97. The van der Waals surface area contributed by atoms with Crippen LogP contribution in [0.25, 0.3) is 0 Å². The molecule has 5 N–H and O–H groups in total. The number of rotatable bonds is 2. The second kappa shape index (κ2) is 4.28. The normalized spacial score (nSPS) is 39.8. The largest absolute Gasteiger partial charge is 0.394 e. The van der Waals surface area contributed by atoms with Crippen LogP contribution in [-0.2, 0) is 10.4 Å². The summed E-state index contributed by atoms with van der Waals surface area (Å²) in [6.07, 6.45) is 2.76. The molecule has 1 aromatic heterocycles. The van der Waals surface area contributed by atoms with E-state index < -0.39 is 30.2 Å². The van der Waals surface area contributed by atoms with E-state index >= 15 is 0 Å². The molecule has 0 bridgehead atoms. The number of hydrogen-bond donors (Lipinski definition) is 5. The van der Waals surface area contributed by atoms with Crippen molar-refractivity contribution in [2.45, 2.75) is 30.2 Å². The number of nitrogens with zero attached hydrogens (tertiary/aromatic N) is 3. The third-order valence-electron chi connectivity index (χ3n) is 4.06. The molecule has 3 aliphatic rings. The number of imidazole rings is 1. The Morgan fingerprint density at radius 2 is 2.14 bits per heavy atom. The minimum atomic E-state index is -1.16. The van der Waals surface area contributed by atoms with Crippen LogP contribution in [0.4, 0.5) is 5.82 Å². The standard InChI is InChI=1S/C12H15N5O4/c18-3-6-7(19)8(20)11(21-6)17-5-14-9-10(17)13-4-16-12(9)1-2-15-12/h1-2,4-8,11,15,18-20H,3H2,(H,13,16)/t6-,7-,8-,11-,12?/m1/s1. The summed E-state index contributed by atoms with van der Waals surface area (Å²) in [5.74, 6) is 0.528. The fraction of sp³-hybridized carbons (Fsp3) is 0.500. The van der Waals surface area contributed by atoms with Gasteiger partial charge in [-0.15, -0.1) is 0 Å². The van der Waals surface area contributed by atoms with Crippen molar-refractivity contribution in [2.24, 2.45) is 4.99 Å². The molecule has 1 saturated heterocycles. The minimum absolute atomic E-state index is 0.370. The first-order chi connectivity index (χ1) is 10.2. The van der Waals surface area contributed by atoms with Crippen molar-refractivity contribution < 1.29 is 20.1 Å². The van der Waals surface area contributed by atoms with Crippen molar-refractivity contribution in [3.63, 3.8) is 0 Å². The molecule has 3 aliphatic heterocycles. The van der Waals surface area contributed by atoms with Crippen molar-refractivity contribution in [1.29, 1.82) is 0 Å². The Balaban J connectivity index is 1.72. The van der Waals surface area contributed by atoms with Crippen LogP contribution in [0.1, 0.15) is 11.9 Å². The third-order valence-corrected chi connectivity index (χ3v) is 4.06. The number of aromatic nitrogens is 2. The van der Waals surface area contributed by atoms with Gasteiger partial charge < -0.3 is 30.7 Å². The fourth-order valence-corrected chi connectivity index (χ4v) is 2.81. The van der Waals surface area contributed by atoms with Crippen LogP contribution in [0.5, 0.6) is 0 Å². The molecule has 9 heteroatoms. The Kier molecular flexibility index (Phi) is 2.60. The van der Waals surface area contributed by atoms with Crippen molar-refractivity contribution in [2.75, 3.05) is 6.61 Å². The molecule has 0 aromatic carbocycles. The van der Waals surface area contributed by atoms with Gasteiger partial charge in [0.2, 0.25) is 0 Å². The monoisotopic (exact) mass is 293 g/mol. The number of hydrogen-bond acceptors (Lipinski definition) is 8. The van der Waals surface area contributed by atoms with Crippen LogP contribution >= 0.6 is 0 Å². The van der Waals surface area contributed by atoms with Gasteiger partial charge in [0, 0.05) is 0 Å². The van der Waals surface area contributed by atoms with E-state index in [4.69, 9.17) is 9.84 Å². The molecule has 4 heterocycles. The predicted molar refractivity (Wildman–Crippen MR) is 70.5 cm³/mol. The topological polar surface area (TPSA) is 124 Å². The second-order valence-corrected chi connectivity index (χ2v) is 5.24. The van der Waals surface area contributed by atoms with Crippen LogP contribution in [0.2, 0.25) is 0 Å². The van der Waals surface area contributed by atoms with E-state index in [1.54, 1.807) is 10.8 Å². The van der Waals surface area contributed by atoms with Gasteiger partial charge in [-0.05, 0) is 12.3 Å². The average molecular weight is 293 g/mol. The zero-order valence-electron chi connectivity index (χ0n) is 10.9. The van der Waals surface area contributed by atoms with Gasteiger partial charge >= 0.3 is 0 Å². The molecule has 0 radical (unpaired) electrons. The van der Waals surface area contributed by atoms with E-state index in [1.165, 1.54) is 12.7 Å². The van der Waals surface area contributed by atoms with Gasteiger partial charge in [0.05, 0.1) is 19.3 Å². The van der Waals surface area contributed by atoms with Gasteiger partial charge in [0.15, 0.2) is 17.7 Å². The summed E-state index contributed by atoms with van der Waals surface area (Å²) in [5.41, 5.74) is 0.0752. The molecule has 112 valence electrons. The molecule has 0 amide bonds. The first-order valence-electron chi connectivity index (χ1n) is 6.62. The van der Waals surface area contributed by atoms with Crippen molar-refractivity contribution in [3.05, 3.63) is 24.3 Å². The van der Waals surface area contributed by atoms with E-state index in [-0.39, 0.29) is 6.61 Å². The molecular formula is C12H15N5O4. The summed E-state index contributed by atoms with van der Waals surface area (Å²) in [4.78, 5) is 8.57. The molecule has 21 heavy (non-hydrogen) atoms. The van der Waals surface area contributed by atoms with Crippen LogP contribution < -0.4 is 10.6 Å². The maximum Gasteiger partial charge on any atom is 0.177 e. The lowest BCUT2D eigenvalue weighted by Crippen LogP contribution is -2.56. The highest BCUT2D eigenvalue weighted by Gasteiger charge is 2.46. The number of aliphatic imine (C=N–C) groups is 1. The Bertz CT molecular complexity index is 629. The molecule has 4 rings (SSSR count). The molecule has 1 fully saturated rings. The lowest BCUT2D eigenvalue weighted by molar-refractivity contribution is -0.0520. The second-order valence-electron chi connectivity index (χ2n) is 5.24. The highest BCUT2D eigenvalue weighted by atomic mass is 16.6. The number of aliphatic hydroxyl groups excluding tert-OH is 3. The number of nitrogens with one attached hydrogen (secondary N) is 2. The Morgan fingerprint density at radius 3 is 2.76 bits per heavy atom. The van der Waals surface area contributed by atoms with E-state index in [2.05, 4.69) is 20.6 Å². The molecule has 1 unspecified atom stereocenters.